The molecule has 0 saturated heterocycles. The molecule has 15 heavy (non-hydrogen) atoms. The molecule has 0 fully saturated rings. The van der Waals surface area contributed by atoms with Crippen molar-refractivity contribution in [1.29, 1.82) is 0 Å². The molecule has 0 radical (unpaired) electrons. The van der Waals surface area contributed by atoms with E-state index in [9.17, 15) is 0 Å². The first-order valence-corrected chi connectivity index (χ1v) is 5.91. The Morgan fingerprint density at radius 2 is 2.20 bits per heavy atom. The predicted octanol–water partition coefficient (Wildman–Crippen LogP) is 2.79. The second kappa shape index (κ2) is 5.52. The van der Waals surface area contributed by atoms with Gasteiger partial charge in [0.05, 0.1) is 16.9 Å². The molecule has 1 atom stereocenters. The highest BCUT2D eigenvalue weighted by Crippen LogP contribution is 2.20. The zero-order valence-corrected chi connectivity index (χ0v) is 10.5. The second-order valence-electron chi connectivity index (χ2n) is 4.18. The van der Waals surface area contributed by atoms with E-state index in [1.54, 1.807) is 6.20 Å². The lowest BCUT2D eigenvalue weighted by atomic mass is 10.1. The molecule has 0 aliphatic carbocycles. The molecule has 0 aliphatic rings. The van der Waals surface area contributed by atoms with Crippen molar-refractivity contribution in [3.05, 3.63) is 16.9 Å². The molecule has 0 spiro atoms. The molecule has 1 unspecified atom stereocenters. The van der Waals surface area contributed by atoms with Crippen LogP contribution in [0.5, 0.6) is 0 Å². The molecule has 0 aromatic carbocycles. The first-order valence-electron chi connectivity index (χ1n) is 5.53. The SMILES string of the molecule is CCC(N)CCc1c(Cl)cnn1C(C)C. The van der Waals surface area contributed by atoms with Gasteiger partial charge in [-0.1, -0.05) is 18.5 Å². The van der Waals surface area contributed by atoms with Crippen molar-refractivity contribution in [2.75, 3.05) is 0 Å². The van der Waals surface area contributed by atoms with E-state index in [4.69, 9.17) is 17.3 Å². The van der Waals surface area contributed by atoms with Gasteiger partial charge < -0.3 is 5.73 Å². The Kier molecular flexibility index (Phi) is 4.61. The van der Waals surface area contributed by atoms with Gasteiger partial charge in [0, 0.05) is 12.1 Å². The number of hydrogen-bond donors (Lipinski definition) is 1. The van der Waals surface area contributed by atoms with Gasteiger partial charge in [-0.3, -0.25) is 4.68 Å². The van der Waals surface area contributed by atoms with Gasteiger partial charge in [0.25, 0.3) is 0 Å². The van der Waals surface area contributed by atoms with Crippen molar-refractivity contribution in [2.45, 2.75) is 52.1 Å². The summed E-state index contributed by atoms with van der Waals surface area (Å²) in [6.45, 7) is 6.31. The topological polar surface area (TPSA) is 43.8 Å². The number of aromatic nitrogens is 2. The predicted molar refractivity (Wildman–Crippen MR) is 64.2 cm³/mol. The first-order chi connectivity index (χ1) is 7.06. The van der Waals surface area contributed by atoms with E-state index in [0.717, 1.165) is 30.0 Å². The van der Waals surface area contributed by atoms with Crippen LogP contribution in [0.4, 0.5) is 0 Å². The Hall–Kier alpha value is -0.540. The van der Waals surface area contributed by atoms with Gasteiger partial charge in [-0.15, -0.1) is 0 Å². The molecule has 3 nitrogen and oxygen atoms in total. The monoisotopic (exact) mass is 229 g/mol. The van der Waals surface area contributed by atoms with Crippen molar-refractivity contribution >= 4 is 11.6 Å². The highest BCUT2D eigenvalue weighted by atomic mass is 35.5. The van der Waals surface area contributed by atoms with Gasteiger partial charge >= 0.3 is 0 Å². The summed E-state index contributed by atoms with van der Waals surface area (Å²) in [7, 11) is 0. The third-order valence-corrected chi connectivity index (χ3v) is 2.93. The van der Waals surface area contributed by atoms with Crippen molar-refractivity contribution in [2.24, 2.45) is 5.73 Å². The van der Waals surface area contributed by atoms with Gasteiger partial charge in [0.1, 0.15) is 0 Å². The standard InChI is InChI=1S/C11H20ClN3/c1-4-9(13)5-6-11-10(12)7-14-15(11)8(2)3/h7-9H,4-6,13H2,1-3H3. The van der Waals surface area contributed by atoms with Crippen LogP contribution in [0.25, 0.3) is 0 Å². The lowest BCUT2D eigenvalue weighted by Gasteiger charge is -2.13. The number of nitrogens with two attached hydrogens (primary N) is 1. The van der Waals surface area contributed by atoms with E-state index in [0.29, 0.717) is 6.04 Å². The Morgan fingerprint density at radius 3 is 2.73 bits per heavy atom. The highest BCUT2D eigenvalue weighted by Gasteiger charge is 2.12. The fraction of sp³-hybridized carbons (Fsp3) is 0.727. The van der Waals surface area contributed by atoms with E-state index in [1.165, 1.54) is 0 Å². The summed E-state index contributed by atoms with van der Waals surface area (Å²) in [5, 5.41) is 5.02. The third-order valence-electron chi connectivity index (χ3n) is 2.61. The summed E-state index contributed by atoms with van der Waals surface area (Å²) in [5.41, 5.74) is 7.00. The average Bonchev–Trinajstić information content (AvgIpc) is 2.56. The number of halogens is 1. The fourth-order valence-electron chi connectivity index (χ4n) is 1.57. The summed E-state index contributed by atoms with van der Waals surface area (Å²) in [4.78, 5) is 0. The first kappa shape index (κ1) is 12.5. The lowest BCUT2D eigenvalue weighted by molar-refractivity contribution is 0.493. The maximum Gasteiger partial charge on any atom is 0.0817 e. The van der Waals surface area contributed by atoms with Crippen LogP contribution < -0.4 is 5.73 Å². The second-order valence-corrected chi connectivity index (χ2v) is 4.59. The van der Waals surface area contributed by atoms with E-state index in [-0.39, 0.29) is 6.04 Å². The summed E-state index contributed by atoms with van der Waals surface area (Å²) in [6.07, 6.45) is 4.60. The van der Waals surface area contributed by atoms with Gasteiger partial charge in [-0.25, -0.2) is 0 Å². The van der Waals surface area contributed by atoms with Crippen LogP contribution in [0.1, 0.15) is 45.3 Å². The summed E-state index contributed by atoms with van der Waals surface area (Å²) >= 11 is 6.09. The molecule has 1 aromatic rings. The summed E-state index contributed by atoms with van der Waals surface area (Å²) in [6, 6.07) is 0.613. The summed E-state index contributed by atoms with van der Waals surface area (Å²) in [5.74, 6) is 0. The van der Waals surface area contributed by atoms with E-state index >= 15 is 0 Å². The van der Waals surface area contributed by atoms with Gasteiger partial charge in [0.2, 0.25) is 0 Å². The quantitative estimate of drug-likeness (QED) is 0.844. The molecule has 1 heterocycles. The van der Waals surface area contributed by atoms with Crippen LogP contribution in [-0.4, -0.2) is 15.8 Å². The average molecular weight is 230 g/mol. The number of rotatable bonds is 5. The van der Waals surface area contributed by atoms with Gasteiger partial charge in [-0.2, -0.15) is 5.10 Å². The van der Waals surface area contributed by atoms with Crippen LogP contribution in [-0.2, 0) is 6.42 Å². The molecule has 2 N–H and O–H groups in total. The van der Waals surface area contributed by atoms with Crippen molar-refractivity contribution < 1.29 is 0 Å². The molecular weight excluding hydrogens is 210 g/mol. The zero-order valence-electron chi connectivity index (χ0n) is 9.70. The maximum absolute atomic E-state index is 6.09. The maximum atomic E-state index is 6.09. The summed E-state index contributed by atoms with van der Waals surface area (Å²) < 4.78 is 1.98. The van der Waals surface area contributed by atoms with Crippen LogP contribution in [0.3, 0.4) is 0 Å². The molecule has 86 valence electrons. The Bertz CT molecular complexity index is 307. The van der Waals surface area contributed by atoms with E-state index in [1.807, 2.05) is 4.68 Å². The molecule has 0 aliphatic heterocycles. The Morgan fingerprint density at radius 1 is 1.53 bits per heavy atom. The van der Waals surface area contributed by atoms with Gasteiger partial charge in [0.15, 0.2) is 0 Å². The van der Waals surface area contributed by atoms with Gasteiger partial charge in [-0.05, 0) is 33.1 Å². The largest absolute Gasteiger partial charge is 0.328 e. The van der Waals surface area contributed by atoms with Crippen molar-refractivity contribution in [3.8, 4) is 0 Å². The fourth-order valence-corrected chi connectivity index (χ4v) is 1.80. The lowest BCUT2D eigenvalue weighted by Crippen LogP contribution is -2.20. The van der Waals surface area contributed by atoms with Crippen molar-refractivity contribution in [3.63, 3.8) is 0 Å². The van der Waals surface area contributed by atoms with E-state index < -0.39 is 0 Å². The highest BCUT2D eigenvalue weighted by molar-refractivity contribution is 6.31. The third kappa shape index (κ3) is 3.21. The molecule has 0 bridgehead atoms. The molecule has 1 aromatic heterocycles. The minimum Gasteiger partial charge on any atom is -0.328 e. The minimum atomic E-state index is 0.261. The molecular formula is C11H20ClN3. The molecule has 0 saturated carbocycles. The van der Waals surface area contributed by atoms with Crippen LogP contribution >= 0.6 is 11.6 Å². The zero-order chi connectivity index (χ0) is 11.4. The molecule has 4 heteroatoms. The van der Waals surface area contributed by atoms with Crippen LogP contribution in [0.2, 0.25) is 5.02 Å². The normalized spacial score (nSPS) is 13.5. The van der Waals surface area contributed by atoms with Crippen LogP contribution in [0, 0.1) is 0 Å². The Labute approximate surface area is 96.6 Å². The minimum absolute atomic E-state index is 0.261. The smallest absolute Gasteiger partial charge is 0.0817 e. The number of hydrogen-bond acceptors (Lipinski definition) is 2. The Balaban J connectivity index is 2.70. The van der Waals surface area contributed by atoms with Crippen LogP contribution in [0.15, 0.2) is 6.20 Å². The van der Waals surface area contributed by atoms with E-state index in [2.05, 4.69) is 25.9 Å². The van der Waals surface area contributed by atoms with Crippen molar-refractivity contribution in [1.82, 2.24) is 9.78 Å². The molecule has 0 amide bonds. The molecule has 1 rings (SSSR count). The number of nitrogens with zero attached hydrogens (tertiary/aromatic N) is 2.